The smallest absolute Gasteiger partial charge is 0.326 e. The number of piperidine rings is 1. The molecule has 0 bridgehead atoms. The molecule has 1 atom stereocenters. The lowest BCUT2D eigenvalue weighted by molar-refractivity contribution is -0.147. The number of likely N-dealkylation sites (tertiary alicyclic amines) is 2. The van der Waals surface area contributed by atoms with Crippen molar-refractivity contribution >= 4 is 11.9 Å². The highest BCUT2D eigenvalue weighted by molar-refractivity contribution is 5.83. The molecule has 3 aliphatic heterocycles. The van der Waals surface area contributed by atoms with Crippen molar-refractivity contribution in [1.82, 2.24) is 9.80 Å². The quantitative estimate of drug-likeness (QED) is 0.822. The van der Waals surface area contributed by atoms with E-state index in [-0.39, 0.29) is 11.3 Å². The lowest BCUT2D eigenvalue weighted by atomic mass is 9.76. The molecule has 6 nitrogen and oxygen atoms in total. The predicted molar refractivity (Wildman–Crippen MR) is 80.5 cm³/mol. The van der Waals surface area contributed by atoms with Crippen LogP contribution in [-0.2, 0) is 14.3 Å². The maximum absolute atomic E-state index is 11.7. The summed E-state index contributed by atoms with van der Waals surface area (Å²) in [4.78, 5) is 27.3. The zero-order chi connectivity index (χ0) is 15.7. The Hall–Kier alpha value is -1.14. The zero-order valence-corrected chi connectivity index (χ0v) is 13.3. The van der Waals surface area contributed by atoms with Gasteiger partial charge in [0.1, 0.15) is 6.04 Å². The monoisotopic (exact) mass is 310 g/mol. The van der Waals surface area contributed by atoms with Crippen LogP contribution < -0.4 is 0 Å². The van der Waals surface area contributed by atoms with Crippen LogP contribution in [0.25, 0.3) is 0 Å². The van der Waals surface area contributed by atoms with Gasteiger partial charge in [0.15, 0.2) is 0 Å². The van der Waals surface area contributed by atoms with Gasteiger partial charge in [-0.3, -0.25) is 4.79 Å². The van der Waals surface area contributed by atoms with E-state index in [9.17, 15) is 14.7 Å². The van der Waals surface area contributed by atoms with E-state index < -0.39 is 12.0 Å². The Morgan fingerprint density at radius 1 is 1.18 bits per heavy atom. The van der Waals surface area contributed by atoms with Crippen LogP contribution in [-0.4, -0.2) is 71.7 Å². The summed E-state index contributed by atoms with van der Waals surface area (Å²) in [5, 5.41) is 9.38. The molecule has 0 aliphatic carbocycles. The first-order valence-corrected chi connectivity index (χ1v) is 8.33. The lowest BCUT2D eigenvalue weighted by Gasteiger charge is -2.43. The molecule has 0 aromatic carbocycles. The molecule has 1 unspecified atom stereocenters. The first kappa shape index (κ1) is 15.7. The minimum absolute atomic E-state index is 0.0103. The molecule has 124 valence electrons. The fourth-order valence-electron chi connectivity index (χ4n) is 4.38. The van der Waals surface area contributed by atoms with Crippen molar-refractivity contribution in [2.75, 3.05) is 32.8 Å². The first-order valence-electron chi connectivity index (χ1n) is 8.33. The molecule has 1 amide bonds. The summed E-state index contributed by atoms with van der Waals surface area (Å²) >= 11 is 0. The maximum atomic E-state index is 11.7. The summed E-state index contributed by atoms with van der Waals surface area (Å²) in [6.07, 6.45) is 4.81. The van der Waals surface area contributed by atoms with Gasteiger partial charge < -0.3 is 19.6 Å². The topological polar surface area (TPSA) is 70.1 Å². The molecule has 3 fully saturated rings. The number of nitrogens with zero attached hydrogens (tertiary/aromatic N) is 2. The van der Waals surface area contributed by atoms with Gasteiger partial charge in [0.05, 0.1) is 0 Å². The largest absolute Gasteiger partial charge is 0.480 e. The van der Waals surface area contributed by atoms with Gasteiger partial charge in [-0.2, -0.15) is 0 Å². The molecule has 3 rings (SSSR count). The third kappa shape index (κ3) is 2.99. The van der Waals surface area contributed by atoms with E-state index in [1.807, 2.05) is 0 Å². The highest BCUT2D eigenvalue weighted by atomic mass is 16.5. The second kappa shape index (κ2) is 6.16. The lowest BCUT2D eigenvalue weighted by Crippen LogP contribution is -2.48. The summed E-state index contributed by atoms with van der Waals surface area (Å²) in [5.74, 6) is -0.977. The van der Waals surface area contributed by atoms with Crippen LogP contribution in [0.15, 0.2) is 0 Å². The van der Waals surface area contributed by atoms with E-state index in [1.165, 1.54) is 6.92 Å². The molecule has 0 aromatic rings. The van der Waals surface area contributed by atoms with Gasteiger partial charge in [0, 0.05) is 32.7 Å². The Morgan fingerprint density at radius 2 is 1.82 bits per heavy atom. The molecule has 3 aliphatic rings. The molecule has 22 heavy (non-hydrogen) atoms. The van der Waals surface area contributed by atoms with Gasteiger partial charge in [0.25, 0.3) is 0 Å². The number of carbonyl (C=O) groups is 2. The van der Waals surface area contributed by atoms with Gasteiger partial charge in [-0.1, -0.05) is 0 Å². The molecular formula is C16H26N2O4. The average molecular weight is 310 g/mol. The van der Waals surface area contributed by atoms with Gasteiger partial charge >= 0.3 is 5.97 Å². The van der Waals surface area contributed by atoms with E-state index in [0.29, 0.717) is 19.0 Å². The number of rotatable bonds is 2. The Bertz CT molecular complexity index is 415. The summed E-state index contributed by atoms with van der Waals surface area (Å²) in [7, 11) is 0. The predicted octanol–water partition coefficient (Wildman–Crippen LogP) is 0.953. The number of ether oxygens (including phenoxy) is 1. The molecule has 3 saturated heterocycles. The molecule has 1 spiro atoms. The molecule has 1 N–H and O–H groups in total. The van der Waals surface area contributed by atoms with Crippen molar-refractivity contribution in [2.24, 2.45) is 5.41 Å². The van der Waals surface area contributed by atoms with Gasteiger partial charge in [-0.25, -0.2) is 4.79 Å². The molecule has 0 aromatic heterocycles. The average Bonchev–Trinajstić information content (AvgIpc) is 2.89. The molecular weight excluding hydrogens is 284 g/mol. The third-order valence-electron chi connectivity index (χ3n) is 5.76. The minimum atomic E-state index is -0.862. The fourth-order valence-corrected chi connectivity index (χ4v) is 4.38. The van der Waals surface area contributed by atoms with Crippen LogP contribution in [0.3, 0.4) is 0 Å². The van der Waals surface area contributed by atoms with Crippen molar-refractivity contribution in [3.63, 3.8) is 0 Å². The fraction of sp³-hybridized carbons (Fsp3) is 0.875. The number of amides is 1. The Labute approximate surface area is 131 Å². The Morgan fingerprint density at radius 3 is 2.32 bits per heavy atom. The standard InChI is InChI=1S/C16H26N2O4/c1-12(19)18-11-16(10-14(18)15(20)21)4-6-17(7-5-16)13-2-8-22-9-3-13/h13-14H,2-11H2,1H3,(H,20,21). The first-order chi connectivity index (χ1) is 10.5. The van der Waals surface area contributed by atoms with Crippen molar-refractivity contribution in [2.45, 2.75) is 51.1 Å². The Kier molecular flexibility index (Phi) is 4.41. The third-order valence-corrected chi connectivity index (χ3v) is 5.76. The van der Waals surface area contributed by atoms with Crippen molar-refractivity contribution in [1.29, 1.82) is 0 Å². The number of carbonyl (C=O) groups excluding carboxylic acids is 1. The van der Waals surface area contributed by atoms with Crippen LogP contribution >= 0.6 is 0 Å². The van der Waals surface area contributed by atoms with Crippen molar-refractivity contribution in [3.8, 4) is 0 Å². The summed E-state index contributed by atoms with van der Waals surface area (Å²) in [6, 6.07) is -0.0150. The minimum Gasteiger partial charge on any atom is -0.480 e. The van der Waals surface area contributed by atoms with Gasteiger partial charge in [-0.05, 0) is 50.6 Å². The van der Waals surface area contributed by atoms with E-state index in [1.54, 1.807) is 4.90 Å². The van der Waals surface area contributed by atoms with Gasteiger partial charge in [-0.15, -0.1) is 0 Å². The second-order valence-corrected chi connectivity index (χ2v) is 7.08. The normalized spacial score (nSPS) is 29.9. The highest BCUT2D eigenvalue weighted by Crippen LogP contribution is 2.44. The summed E-state index contributed by atoms with van der Waals surface area (Å²) in [5.41, 5.74) is 0.0103. The van der Waals surface area contributed by atoms with Crippen LogP contribution in [0.5, 0.6) is 0 Å². The number of hydrogen-bond acceptors (Lipinski definition) is 4. The molecule has 3 heterocycles. The van der Waals surface area contributed by atoms with E-state index in [0.717, 1.165) is 52.0 Å². The summed E-state index contributed by atoms with van der Waals surface area (Å²) in [6.45, 7) is 5.83. The molecule has 0 saturated carbocycles. The zero-order valence-electron chi connectivity index (χ0n) is 13.3. The molecule has 0 radical (unpaired) electrons. The number of carboxylic acids is 1. The summed E-state index contributed by atoms with van der Waals surface area (Å²) < 4.78 is 5.43. The number of hydrogen-bond donors (Lipinski definition) is 1. The van der Waals surface area contributed by atoms with E-state index in [4.69, 9.17) is 4.74 Å². The van der Waals surface area contributed by atoms with Crippen molar-refractivity contribution in [3.05, 3.63) is 0 Å². The van der Waals surface area contributed by atoms with Crippen LogP contribution in [0.4, 0.5) is 0 Å². The Balaban J connectivity index is 1.62. The van der Waals surface area contributed by atoms with Crippen LogP contribution in [0, 0.1) is 5.41 Å². The van der Waals surface area contributed by atoms with Crippen molar-refractivity contribution < 1.29 is 19.4 Å². The van der Waals surface area contributed by atoms with Crippen LogP contribution in [0.2, 0.25) is 0 Å². The molecule has 6 heteroatoms. The maximum Gasteiger partial charge on any atom is 0.326 e. The van der Waals surface area contributed by atoms with E-state index >= 15 is 0 Å². The highest BCUT2D eigenvalue weighted by Gasteiger charge is 2.49. The second-order valence-electron chi connectivity index (χ2n) is 7.08. The van der Waals surface area contributed by atoms with Gasteiger partial charge in [0.2, 0.25) is 5.91 Å². The van der Waals surface area contributed by atoms with E-state index in [2.05, 4.69) is 4.90 Å². The number of carboxylic acid groups (broad SMARTS) is 1. The SMILES string of the molecule is CC(=O)N1CC2(CCN(C3CCOCC3)CC2)CC1C(=O)O. The number of aliphatic carboxylic acids is 1. The van der Waals surface area contributed by atoms with Crippen LogP contribution in [0.1, 0.15) is 39.0 Å².